The number of benzene rings is 1. The zero-order chi connectivity index (χ0) is 15.1. The number of carbonyl (C=O) groups excluding carboxylic acids is 1. The molecule has 110 valence electrons. The van der Waals surface area contributed by atoms with Gasteiger partial charge in [-0.25, -0.2) is 4.79 Å². The Labute approximate surface area is 126 Å². The van der Waals surface area contributed by atoms with Crippen LogP contribution in [0.4, 0.5) is 4.79 Å². The van der Waals surface area contributed by atoms with Gasteiger partial charge in [0, 0.05) is 0 Å². The van der Waals surface area contributed by atoms with Crippen LogP contribution in [0.3, 0.4) is 0 Å². The summed E-state index contributed by atoms with van der Waals surface area (Å²) in [5.41, 5.74) is 1.64. The van der Waals surface area contributed by atoms with Crippen LogP contribution < -0.4 is 5.32 Å². The van der Waals surface area contributed by atoms with Crippen molar-refractivity contribution in [1.29, 1.82) is 0 Å². The number of carbonyl (C=O) groups is 2. The Kier molecular flexibility index (Phi) is 5.34. The maximum atomic E-state index is 11.8. The van der Waals surface area contributed by atoms with Gasteiger partial charge < -0.3 is 15.2 Å². The Hall–Kier alpha value is -2.34. The van der Waals surface area contributed by atoms with Crippen molar-refractivity contribution in [2.75, 3.05) is 0 Å². The van der Waals surface area contributed by atoms with E-state index in [1.54, 1.807) is 6.07 Å². The number of amides is 1. The summed E-state index contributed by atoms with van der Waals surface area (Å²) in [7, 11) is 0. The van der Waals surface area contributed by atoms with Crippen LogP contribution in [-0.2, 0) is 16.1 Å². The average molecular weight is 305 g/mol. The van der Waals surface area contributed by atoms with Gasteiger partial charge in [-0.2, -0.15) is 11.3 Å². The molecule has 21 heavy (non-hydrogen) atoms. The van der Waals surface area contributed by atoms with Gasteiger partial charge in [0.15, 0.2) is 0 Å². The number of aliphatic carboxylic acids is 1. The van der Waals surface area contributed by atoms with Crippen molar-refractivity contribution in [3.05, 3.63) is 58.3 Å². The average Bonchev–Trinajstić information content (AvgIpc) is 2.99. The molecule has 0 radical (unpaired) electrons. The zero-order valence-corrected chi connectivity index (χ0v) is 12.0. The minimum absolute atomic E-state index is 0.149. The third kappa shape index (κ3) is 4.92. The quantitative estimate of drug-likeness (QED) is 0.859. The minimum Gasteiger partial charge on any atom is -0.481 e. The van der Waals surface area contributed by atoms with Crippen LogP contribution in [-0.4, -0.2) is 17.2 Å². The molecule has 1 amide bonds. The molecule has 0 bridgehead atoms. The van der Waals surface area contributed by atoms with Crippen molar-refractivity contribution >= 4 is 23.4 Å². The summed E-state index contributed by atoms with van der Waals surface area (Å²) >= 11 is 1.45. The van der Waals surface area contributed by atoms with Crippen molar-refractivity contribution in [3.8, 4) is 0 Å². The molecular weight excluding hydrogens is 290 g/mol. The van der Waals surface area contributed by atoms with Crippen LogP contribution in [0.1, 0.15) is 23.6 Å². The van der Waals surface area contributed by atoms with Crippen LogP contribution in [0.25, 0.3) is 0 Å². The predicted molar refractivity (Wildman–Crippen MR) is 79.1 cm³/mol. The molecule has 5 nitrogen and oxygen atoms in total. The maximum Gasteiger partial charge on any atom is 0.407 e. The summed E-state index contributed by atoms with van der Waals surface area (Å²) in [6, 6.07) is 10.5. The molecule has 1 aromatic heterocycles. The van der Waals surface area contributed by atoms with E-state index < -0.39 is 18.1 Å². The Balaban J connectivity index is 1.90. The smallest absolute Gasteiger partial charge is 0.407 e. The molecule has 0 spiro atoms. The van der Waals surface area contributed by atoms with Gasteiger partial charge in [0.1, 0.15) is 6.61 Å². The molecule has 1 heterocycles. The van der Waals surface area contributed by atoms with Crippen LogP contribution >= 0.6 is 11.3 Å². The van der Waals surface area contributed by atoms with Gasteiger partial charge in [-0.05, 0) is 28.0 Å². The van der Waals surface area contributed by atoms with Crippen molar-refractivity contribution in [3.63, 3.8) is 0 Å². The van der Waals surface area contributed by atoms with Gasteiger partial charge in [0.2, 0.25) is 0 Å². The van der Waals surface area contributed by atoms with Gasteiger partial charge in [-0.3, -0.25) is 4.79 Å². The number of alkyl carbamates (subject to hydrolysis) is 1. The zero-order valence-electron chi connectivity index (χ0n) is 11.2. The number of hydrogen-bond acceptors (Lipinski definition) is 4. The molecule has 0 saturated heterocycles. The molecule has 0 aliphatic heterocycles. The number of carboxylic acids is 1. The molecule has 0 aliphatic rings. The fourth-order valence-electron chi connectivity index (χ4n) is 1.81. The van der Waals surface area contributed by atoms with Crippen molar-refractivity contribution in [2.45, 2.75) is 19.1 Å². The topological polar surface area (TPSA) is 75.6 Å². The third-order valence-electron chi connectivity index (χ3n) is 2.83. The lowest BCUT2D eigenvalue weighted by Gasteiger charge is -2.15. The summed E-state index contributed by atoms with van der Waals surface area (Å²) < 4.78 is 5.10. The lowest BCUT2D eigenvalue weighted by atomic mass is 10.1. The van der Waals surface area contributed by atoms with E-state index in [1.165, 1.54) is 11.3 Å². The van der Waals surface area contributed by atoms with E-state index in [1.807, 2.05) is 41.1 Å². The highest BCUT2D eigenvalue weighted by atomic mass is 32.1. The molecule has 0 fully saturated rings. The first-order valence-corrected chi connectivity index (χ1v) is 7.30. The third-order valence-corrected chi connectivity index (χ3v) is 3.53. The Morgan fingerprint density at radius 2 is 2.00 bits per heavy atom. The number of ether oxygens (including phenoxy) is 1. The van der Waals surface area contributed by atoms with Gasteiger partial charge in [0.05, 0.1) is 12.5 Å². The minimum atomic E-state index is -0.977. The SMILES string of the molecule is O=C(O)C[C@H](NC(=O)OCc1ccccc1)c1ccsc1. The highest BCUT2D eigenvalue weighted by Gasteiger charge is 2.19. The van der Waals surface area contributed by atoms with Crippen molar-refractivity contribution in [2.24, 2.45) is 0 Å². The second-order valence-electron chi connectivity index (χ2n) is 4.41. The molecule has 0 saturated carbocycles. The molecule has 1 aromatic carbocycles. The molecule has 0 unspecified atom stereocenters. The highest BCUT2D eigenvalue weighted by Crippen LogP contribution is 2.20. The van der Waals surface area contributed by atoms with E-state index in [9.17, 15) is 9.59 Å². The first-order valence-electron chi connectivity index (χ1n) is 6.36. The lowest BCUT2D eigenvalue weighted by Crippen LogP contribution is -2.30. The number of carboxylic acid groups (broad SMARTS) is 1. The van der Waals surface area contributed by atoms with Gasteiger partial charge >= 0.3 is 12.1 Å². The van der Waals surface area contributed by atoms with Crippen LogP contribution in [0, 0.1) is 0 Å². The molecule has 6 heteroatoms. The standard InChI is InChI=1S/C15H15NO4S/c17-14(18)8-13(12-6-7-21-10-12)16-15(19)20-9-11-4-2-1-3-5-11/h1-7,10,13H,8-9H2,(H,16,19)(H,17,18)/t13-/m0/s1. The number of rotatable bonds is 6. The van der Waals surface area contributed by atoms with E-state index in [0.717, 1.165) is 11.1 Å². The molecule has 1 atom stereocenters. The van der Waals surface area contributed by atoms with E-state index in [4.69, 9.17) is 9.84 Å². The number of thiophene rings is 1. The largest absolute Gasteiger partial charge is 0.481 e. The number of hydrogen-bond donors (Lipinski definition) is 2. The summed E-state index contributed by atoms with van der Waals surface area (Å²) in [6.45, 7) is 0.149. The summed E-state index contributed by atoms with van der Waals surface area (Å²) in [4.78, 5) is 22.7. The van der Waals surface area contributed by atoms with E-state index >= 15 is 0 Å². The molecule has 2 rings (SSSR count). The van der Waals surface area contributed by atoms with Crippen molar-refractivity contribution in [1.82, 2.24) is 5.32 Å². The van der Waals surface area contributed by atoms with E-state index in [0.29, 0.717) is 0 Å². The second-order valence-corrected chi connectivity index (χ2v) is 5.19. The fraction of sp³-hybridized carbons (Fsp3) is 0.200. The molecule has 0 aliphatic carbocycles. The van der Waals surface area contributed by atoms with Gasteiger partial charge in [-0.15, -0.1) is 0 Å². The summed E-state index contributed by atoms with van der Waals surface area (Å²) in [6.07, 6.45) is -0.812. The van der Waals surface area contributed by atoms with Gasteiger partial charge in [0.25, 0.3) is 0 Å². The molecular formula is C15H15NO4S. The maximum absolute atomic E-state index is 11.8. The molecule has 2 aromatic rings. The predicted octanol–water partition coefficient (Wildman–Crippen LogP) is 3.19. The highest BCUT2D eigenvalue weighted by molar-refractivity contribution is 7.08. The van der Waals surface area contributed by atoms with Crippen LogP contribution in [0.5, 0.6) is 0 Å². The lowest BCUT2D eigenvalue weighted by molar-refractivity contribution is -0.137. The first-order chi connectivity index (χ1) is 10.1. The number of nitrogens with one attached hydrogen (secondary N) is 1. The molecule has 2 N–H and O–H groups in total. The normalized spacial score (nSPS) is 11.6. The van der Waals surface area contributed by atoms with E-state index in [-0.39, 0.29) is 13.0 Å². The van der Waals surface area contributed by atoms with Gasteiger partial charge in [-0.1, -0.05) is 30.3 Å². The van der Waals surface area contributed by atoms with Crippen LogP contribution in [0.2, 0.25) is 0 Å². The Morgan fingerprint density at radius 3 is 2.62 bits per heavy atom. The second kappa shape index (κ2) is 7.44. The summed E-state index contributed by atoms with van der Waals surface area (Å²) in [5.74, 6) is -0.977. The summed E-state index contributed by atoms with van der Waals surface area (Å²) in [5, 5.41) is 15.1. The van der Waals surface area contributed by atoms with Crippen LogP contribution in [0.15, 0.2) is 47.2 Å². The fourth-order valence-corrected chi connectivity index (χ4v) is 2.52. The Morgan fingerprint density at radius 1 is 1.24 bits per heavy atom. The Bertz CT molecular complexity index is 583. The monoisotopic (exact) mass is 305 g/mol. The first kappa shape index (κ1) is 15.1. The van der Waals surface area contributed by atoms with Crippen molar-refractivity contribution < 1.29 is 19.4 Å². The van der Waals surface area contributed by atoms with E-state index in [2.05, 4.69) is 5.32 Å².